The van der Waals surface area contributed by atoms with Gasteiger partial charge in [0.1, 0.15) is 0 Å². The van der Waals surface area contributed by atoms with E-state index in [1.165, 1.54) is 6.07 Å². The summed E-state index contributed by atoms with van der Waals surface area (Å²) < 4.78 is 40.0. The molecule has 142 valence electrons. The van der Waals surface area contributed by atoms with Crippen molar-refractivity contribution in [3.63, 3.8) is 0 Å². The molecule has 5 nitrogen and oxygen atoms in total. The molecule has 1 amide bonds. The molecule has 0 bridgehead atoms. The van der Waals surface area contributed by atoms with Crippen LogP contribution in [0.15, 0.2) is 57.5 Å². The van der Waals surface area contributed by atoms with E-state index >= 15 is 0 Å². The van der Waals surface area contributed by atoms with Crippen molar-refractivity contribution in [1.29, 1.82) is 0 Å². The number of carbonyl (C=O) groups excluding carboxylic acids is 1. The van der Waals surface area contributed by atoms with E-state index in [1.54, 1.807) is 12.3 Å². The van der Waals surface area contributed by atoms with Crippen LogP contribution in [-0.4, -0.2) is 18.6 Å². The third kappa shape index (κ3) is 2.49. The number of fused-ring (bicyclic) bond motifs is 1. The van der Waals surface area contributed by atoms with Gasteiger partial charge in [0.15, 0.2) is 6.17 Å². The largest absolute Gasteiger partial charge is 0.416 e. The second-order valence-electron chi connectivity index (χ2n) is 7.10. The first-order valence-electron chi connectivity index (χ1n) is 8.86. The van der Waals surface area contributed by atoms with Crippen LogP contribution >= 0.6 is 0 Å². The average molecular weight is 376 g/mol. The van der Waals surface area contributed by atoms with E-state index in [1.807, 2.05) is 13.8 Å². The van der Waals surface area contributed by atoms with Crippen LogP contribution in [0.3, 0.4) is 0 Å². The number of benzene rings is 1. The van der Waals surface area contributed by atoms with Gasteiger partial charge < -0.3 is 10.6 Å². The van der Waals surface area contributed by atoms with Crippen molar-refractivity contribution in [2.24, 2.45) is 16.1 Å². The first-order chi connectivity index (χ1) is 12.8. The van der Waals surface area contributed by atoms with E-state index in [-0.39, 0.29) is 11.8 Å². The zero-order valence-electron chi connectivity index (χ0n) is 14.9. The van der Waals surface area contributed by atoms with Crippen LogP contribution in [0.4, 0.5) is 13.2 Å². The molecule has 3 heterocycles. The molecule has 0 saturated carbocycles. The SMILES string of the molecule is CC[C@]1(c2cccc(C(F)(F)F)c2)C2=CN=NC2NC2=C1C(=O)NC[C@H]2C. The Balaban J connectivity index is 2.01. The number of rotatable bonds is 2. The van der Waals surface area contributed by atoms with E-state index < -0.39 is 23.3 Å². The maximum absolute atomic E-state index is 13.3. The van der Waals surface area contributed by atoms with Crippen LogP contribution < -0.4 is 10.6 Å². The Kier molecular flexibility index (Phi) is 3.90. The maximum atomic E-state index is 13.3. The molecule has 0 aliphatic carbocycles. The van der Waals surface area contributed by atoms with Crippen LogP contribution in [0.5, 0.6) is 0 Å². The van der Waals surface area contributed by atoms with Gasteiger partial charge >= 0.3 is 6.18 Å². The van der Waals surface area contributed by atoms with Crippen LogP contribution in [0.2, 0.25) is 0 Å². The fourth-order valence-corrected chi connectivity index (χ4v) is 4.34. The molecule has 27 heavy (non-hydrogen) atoms. The molecule has 1 unspecified atom stereocenters. The fourth-order valence-electron chi connectivity index (χ4n) is 4.34. The highest BCUT2D eigenvalue weighted by atomic mass is 19.4. The Hall–Kier alpha value is -2.64. The molecule has 4 rings (SSSR count). The van der Waals surface area contributed by atoms with Crippen molar-refractivity contribution in [1.82, 2.24) is 10.6 Å². The number of hydrogen-bond acceptors (Lipinski definition) is 4. The number of nitrogens with one attached hydrogen (secondary N) is 2. The zero-order chi connectivity index (χ0) is 19.4. The van der Waals surface area contributed by atoms with Gasteiger partial charge in [0.2, 0.25) is 5.91 Å². The summed E-state index contributed by atoms with van der Waals surface area (Å²) in [6.45, 7) is 4.31. The second-order valence-corrected chi connectivity index (χ2v) is 7.10. The minimum absolute atomic E-state index is 0.00627. The van der Waals surface area contributed by atoms with Crippen molar-refractivity contribution >= 4 is 5.91 Å². The van der Waals surface area contributed by atoms with Crippen molar-refractivity contribution in [3.8, 4) is 0 Å². The number of nitrogens with zero attached hydrogens (tertiary/aromatic N) is 2. The van der Waals surface area contributed by atoms with Gasteiger partial charge in [-0.15, -0.1) is 0 Å². The Morgan fingerprint density at radius 1 is 1.33 bits per heavy atom. The molecule has 0 radical (unpaired) electrons. The summed E-state index contributed by atoms with van der Waals surface area (Å²) in [5.41, 5.74) is 0.601. The lowest BCUT2D eigenvalue weighted by Gasteiger charge is -2.46. The van der Waals surface area contributed by atoms with Crippen LogP contribution in [-0.2, 0) is 16.4 Å². The third-order valence-electron chi connectivity index (χ3n) is 5.66. The Morgan fingerprint density at radius 3 is 2.81 bits per heavy atom. The Labute approximate surface area is 154 Å². The Morgan fingerprint density at radius 2 is 2.11 bits per heavy atom. The molecule has 0 spiro atoms. The van der Waals surface area contributed by atoms with E-state index in [2.05, 4.69) is 20.9 Å². The third-order valence-corrected chi connectivity index (χ3v) is 5.66. The lowest BCUT2D eigenvalue weighted by molar-refractivity contribution is -0.137. The fraction of sp³-hybridized carbons (Fsp3) is 0.421. The van der Waals surface area contributed by atoms with Gasteiger partial charge in [0.25, 0.3) is 0 Å². The van der Waals surface area contributed by atoms with Gasteiger partial charge in [-0.2, -0.15) is 23.4 Å². The highest BCUT2D eigenvalue weighted by Crippen LogP contribution is 2.51. The van der Waals surface area contributed by atoms with Crippen LogP contribution in [0.1, 0.15) is 31.4 Å². The van der Waals surface area contributed by atoms with Crippen molar-refractivity contribution < 1.29 is 18.0 Å². The van der Waals surface area contributed by atoms with Gasteiger partial charge in [-0.05, 0) is 18.1 Å². The first kappa shape index (κ1) is 17.8. The van der Waals surface area contributed by atoms with Gasteiger partial charge in [0.05, 0.1) is 22.8 Å². The Bertz CT molecular complexity index is 902. The summed E-state index contributed by atoms with van der Waals surface area (Å²) in [4.78, 5) is 12.9. The van der Waals surface area contributed by atoms with Gasteiger partial charge in [-0.1, -0.05) is 32.0 Å². The van der Waals surface area contributed by atoms with E-state index in [0.29, 0.717) is 29.7 Å². The number of azo groups is 1. The predicted octanol–water partition coefficient (Wildman–Crippen LogP) is 3.65. The molecule has 0 saturated heterocycles. The molecule has 0 aromatic heterocycles. The topological polar surface area (TPSA) is 65.8 Å². The highest BCUT2D eigenvalue weighted by Gasteiger charge is 2.52. The van der Waals surface area contributed by atoms with E-state index in [0.717, 1.165) is 17.8 Å². The number of carbonyl (C=O) groups is 1. The summed E-state index contributed by atoms with van der Waals surface area (Å²) in [7, 11) is 0. The number of alkyl halides is 3. The predicted molar refractivity (Wildman–Crippen MR) is 92.5 cm³/mol. The summed E-state index contributed by atoms with van der Waals surface area (Å²) in [5, 5.41) is 14.3. The smallest absolute Gasteiger partial charge is 0.361 e. The summed E-state index contributed by atoms with van der Waals surface area (Å²) in [5.74, 6) is -0.257. The minimum atomic E-state index is -4.46. The number of hydrogen-bond donors (Lipinski definition) is 2. The molecule has 2 N–H and O–H groups in total. The summed E-state index contributed by atoms with van der Waals surface area (Å²) in [6, 6.07) is 5.22. The molecule has 3 aliphatic heterocycles. The molecule has 3 aliphatic rings. The average Bonchev–Trinajstić information content (AvgIpc) is 3.11. The number of amides is 1. The number of halogens is 3. The maximum Gasteiger partial charge on any atom is 0.416 e. The summed E-state index contributed by atoms with van der Waals surface area (Å²) in [6.07, 6.45) is -2.94. The van der Waals surface area contributed by atoms with Crippen molar-refractivity contribution in [3.05, 3.63) is 58.4 Å². The lowest BCUT2D eigenvalue weighted by Crippen LogP contribution is -2.55. The molecule has 1 aromatic rings. The summed E-state index contributed by atoms with van der Waals surface area (Å²) >= 11 is 0. The molecular weight excluding hydrogens is 357 g/mol. The van der Waals surface area contributed by atoms with E-state index in [4.69, 9.17) is 0 Å². The van der Waals surface area contributed by atoms with Crippen LogP contribution in [0, 0.1) is 5.92 Å². The molecule has 0 fully saturated rings. The van der Waals surface area contributed by atoms with E-state index in [9.17, 15) is 18.0 Å². The normalized spacial score (nSPS) is 29.7. The molecule has 8 heteroatoms. The molecular formula is C19H19F3N4O. The second kappa shape index (κ2) is 5.94. The quantitative estimate of drug-likeness (QED) is 0.827. The monoisotopic (exact) mass is 376 g/mol. The molecule has 3 atom stereocenters. The standard InChI is InChI=1S/C19H19F3N4O/c1-3-18(11-5-4-6-12(7-11)19(20,21)22)13-9-24-26-16(13)25-15-10(2)8-23-17(27)14(15)18/h4-7,9-10,16,25H,3,8H2,1-2H3,(H,23,27)/t10-,16?,18+/m1/s1. The highest BCUT2D eigenvalue weighted by molar-refractivity contribution is 5.99. The van der Waals surface area contributed by atoms with Crippen molar-refractivity contribution in [2.45, 2.75) is 38.0 Å². The molecule has 1 aromatic carbocycles. The van der Waals surface area contributed by atoms with Gasteiger partial charge in [0, 0.05) is 23.7 Å². The van der Waals surface area contributed by atoms with Crippen LogP contribution in [0.25, 0.3) is 0 Å². The zero-order valence-corrected chi connectivity index (χ0v) is 14.9. The van der Waals surface area contributed by atoms with Gasteiger partial charge in [-0.25, -0.2) is 0 Å². The van der Waals surface area contributed by atoms with Crippen molar-refractivity contribution in [2.75, 3.05) is 6.54 Å². The lowest BCUT2D eigenvalue weighted by atomic mass is 9.62. The van der Waals surface area contributed by atoms with Gasteiger partial charge in [-0.3, -0.25) is 4.79 Å². The first-order valence-corrected chi connectivity index (χ1v) is 8.86. The minimum Gasteiger partial charge on any atom is -0.361 e.